The molecule has 2 N–H and O–H groups in total. The molecule has 1 aliphatic heterocycles. The maximum atomic E-state index is 13.0. The monoisotopic (exact) mass is 361 g/mol. The van der Waals surface area contributed by atoms with Crippen LogP contribution in [0.4, 0.5) is 5.69 Å². The molecule has 2 fully saturated rings. The van der Waals surface area contributed by atoms with E-state index < -0.39 is 0 Å². The van der Waals surface area contributed by atoms with E-state index in [1.807, 2.05) is 18.2 Å². The fourth-order valence-corrected chi connectivity index (χ4v) is 4.25. The Bertz CT molecular complexity index is 600. The number of carbonyl (C=O) groups excluding carboxylic acids is 1. The molecule has 1 saturated heterocycles. The standard InChI is InChI=1S/C20H31N3O3/c1-25-17-11-16(12-18(13-17)26-2)22-7-4-8-23(10-9-22)20(24)19-6-3-5-15(19)14-21/h11-13,15,19H,3-10,14,21H2,1-2H3/t15-,19-/m1/s1. The Labute approximate surface area is 156 Å². The van der Waals surface area contributed by atoms with Crippen LogP contribution in [0.5, 0.6) is 11.5 Å². The van der Waals surface area contributed by atoms with Gasteiger partial charge in [0.2, 0.25) is 5.91 Å². The first-order chi connectivity index (χ1) is 12.7. The van der Waals surface area contributed by atoms with E-state index in [0.29, 0.717) is 18.4 Å². The summed E-state index contributed by atoms with van der Waals surface area (Å²) >= 11 is 0. The highest BCUT2D eigenvalue weighted by Crippen LogP contribution is 2.33. The highest BCUT2D eigenvalue weighted by Gasteiger charge is 2.35. The van der Waals surface area contributed by atoms with Gasteiger partial charge < -0.3 is 25.0 Å². The Morgan fingerprint density at radius 2 is 1.77 bits per heavy atom. The van der Waals surface area contributed by atoms with Gasteiger partial charge in [-0.05, 0) is 31.7 Å². The van der Waals surface area contributed by atoms with Gasteiger partial charge in [-0.15, -0.1) is 0 Å². The number of nitrogens with two attached hydrogens (primary N) is 1. The second kappa shape index (κ2) is 8.62. The van der Waals surface area contributed by atoms with E-state index >= 15 is 0 Å². The molecular weight excluding hydrogens is 330 g/mol. The molecule has 1 aliphatic carbocycles. The van der Waals surface area contributed by atoms with Crippen LogP contribution in [-0.2, 0) is 4.79 Å². The van der Waals surface area contributed by atoms with Crippen molar-refractivity contribution in [3.63, 3.8) is 0 Å². The molecule has 0 aromatic heterocycles. The molecule has 0 spiro atoms. The third-order valence-corrected chi connectivity index (χ3v) is 5.79. The predicted octanol–water partition coefficient (Wildman–Crippen LogP) is 2.12. The molecule has 1 aromatic carbocycles. The second-order valence-corrected chi connectivity index (χ2v) is 7.27. The zero-order valence-corrected chi connectivity index (χ0v) is 15.9. The van der Waals surface area contributed by atoms with Gasteiger partial charge in [0.25, 0.3) is 0 Å². The summed E-state index contributed by atoms with van der Waals surface area (Å²) in [5, 5.41) is 0. The van der Waals surface area contributed by atoms with Gasteiger partial charge in [0.15, 0.2) is 0 Å². The number of amides is 1. The Kier molecular flexibility index (Phi) is 6.25. The minimum absolute atomic E-state index is 0.128. The van der Waals surface area contributed by atoms with E-state index in [2.05, 4.69) is 9.80 Å². The van der Waals surface area contributed by atoms with E-state index in [4.69, 9.17) is 15.2 Å². The normalized spacial score (nSPS) is 23.7. The second-order valence-electron chi connectivity index (χ2n) is 7.27. The van der Waals surface area contributed by atoms with E-state index in [-0.39, 0.29) is 5.92 Å². The number of carbonyl (C=O) groups is 1. The van der Waals surface area contributed by atoms with Gasteiger partial charge in [0.05, 0.1) is 14.2 Å². The number of rotatable bonds is 5. The highest BCUT2D eigenvalue weighted by molar-refractivity contribution is 5.79. The molecule has 0 unspecified atom stereocenters. The van der Waals surface area contributed by atoms with Crippen LogP contribution >= 0.6 is 0 Å². The first-order valence-electron chi connectivity index (χ1n) is 9.63. The SMILES string of the molecule is COc1cc(OC)cc(N2CCCN(C(=O)[C@@H]3CCC[C@@H]3CN)CC2)c1. The first kappa shape index (κ1) is 18.8. The van der Waals surface area contributed by atoms with Gasteiger partial charge in [-0.3, -0.25) is 4.79 Å². The largest absolute Gasteiger partial charge is 0.497 e. The average molecular weight is 361 g/mol. The van der Waals surface area contributed by atoms with Crippen molar-refractivity contribution in [3.8, 4) is 11.5 Å². The van der Waals surface area contributed by atoms with Crippen molar-refractivity contribution in [2.24, 2.45) is 17.6 Å². The fraction of sp³-hybridized carbons (Fsp3) is 0.650. The van der Waals surface area contributed by atoms with Crippen LogP contribution in [0, 0.1) is 11.8 Å². The minimum Gasteiger partial charge on any atom is -0.497 e. The number of hydrogen-bond acceptors (Lipinski definition) is 5. The molecule has 1 aromatic rings. The lowest BCUT2D eigenvalue weighted by Crippen LogP contribution is -2.41. The summed E-state index contributed by atoms with van der Waals surface area (Å²) in [6.07, 6.45) is 4.18. The maximum Gasteiger partial charge on any atom is 0.226 e. The van der Waals surface area contributed by atoms with Crippen molar-refractivity contribution in [2.75, 3.05) is 51.8 Å². The van der Waals surface area contributed by atoms with Crippen LogP contribution in [0.15, 0.2) is 18.2 Å². The summed E-state index contributed by atoms with van der Waals surface area (Å²) in [5.74, 6) is 2.37. The van der Waals surface area contributed by atoms with Gasteiger partial charge in [-0.2, -0.15) is 0 Å². The van der Waals surface area contributed by atoms with Crippen molar-refractivity contribution >= 4 is 11.6 Å². The number of anilines is 1. The Hall–Kier alpha value is -1.95. The third-order valence-electron chi connectivity index (χ3n) is 5.79. The predicted molar refractivity (Wildman–Crippen MR) is 103 cm³/mol. The molecule has 1 amide bonds. The van der Waals surface area contributed by atoms with Crippen molar-refractivity contribution in [1.82, 2.24) is 4.90 Å². The summed E-state index contributed by atoms with van der Waals surface area (Å²) < 4.78 is 10.8. The topological polar surface area (TPSA) is 68.0 Å². The average Bonchev–Trinajstić information content (AvgIpc) is 3.02. The number of methoxy groups -OCH3 is 2. The molecule has 3 rings (SSSR count). The van der Waals surface area contributed by atoms with Gasteiger partial charge in [-0.25, -0.2) is 0 Å². The third kappa shape index (κ3) is 4.06. The van der Waals surface area contributed by atoms with Crippen LogP contribution < -0.4 is 20.1 Å². The van der Waals surface area contributed by atoms with Gasteiger partial charge in [0.1, 0.15) is 11.5 Å². The molecule has 0 bridgehead atoms. The van der Waals surface area contributed by atoms with Crippen molar-refractivity contribution in [2.45, 2.75) is 25.7 Å². The van der Waals surface area contributed by atoms with Crippen LogP contribution in [0.25, 0.3) is 0 Å². The number of benzene rings is 1. The lowest BCUT2D eigenvalue weighted by Gasteiger charge is -2.27. The molecule has 6 nitrogen and oxygen atoms in total. The van der Waals surface area contributed by atoms with Crippen LogP contribution in [0.1, 0.15) is 25.7 Å². The van der Waals surface area contributed by atoms with Gasteiger partial charge in [-0.1, -0.05) is 6.42 Å². The van der Waals surface area contributed by atoms with E-state index in [0.717, 1.165) is 69.0 Å². The first-order valence-corrected chi connectivity index (χ1v) is 9.63. The quantitative estimate of drug-likeness (QED) is 0.870. The summed E-state index contributed by atoms with van der Waals surface area (Å²) in [4.78, 5) is 17.3. The summed E-state index contributed by atoms with van der Waals surface area (Å²) in [6, 6.07) is 5.94. The van der Waals surface area contributed by atoms with Gasteiger partial charge >= 0.3 is 0 Å². The number of nitrogens with zero attached hydrogens (tertiary/aromatic N) is 2. The molecule has 2 aliphatic rings. The van der Waals surface area contributed by atoms with E-state index in [9.17, 15) is 4.79 Å². The highest BCUT2D eigenvalue weighted by atomic mass is 16.5. The minimum atomic E-state index is 0.128. The number of ether oxygens (including phenoxy) is 2. The van der Waals surface area contributed by atoms with Crippen LogP contribution in [0.2, 0.25) is 0 Å². The smallest absolute Gasteiger partial charge is 0.226 e. The molecule has 6 heteroatoms. The fourth-order valence-electron chi connectivity index (χ4n) is 4.25. The van der Waals surface area contributed by atoms with Crippen molar-refractivity contribution < 1.29 is 14.3 Å². The lowest BCUT2D eigenvalue weighted by molar-refractivity contribution is -0.136. The molecular formula is C20H31N3O3. The zero-order valence-electron chi connectivity index (χ0n) is 15.9. The van der Waals surface area contributed by atoms with Crippen LogP contribution in [-0.4, -0.2) is 57.8 Å². The van der Waals surface area contributed by atoms with Crippen molar-refractivity contribution in [1.29, 1.82) is 0 Å². The molecule has 26 heavy (non-hydrogen) atoms. The molecule has 0 radical (unpaired) electrons. The van der Waals surface area contributed by atoms with E-state index in [1.54, 1.807) is 14.2 Å². The molecule has 2 atom stereocenters. The Balaban J connectivity index is 1.67. The van der Waals surface area contributed by atoms with Gasteiger partial charge in [0, 0.05) is 56.0 Å². The summed E-state index contributed by atoms with van der Waals surface area (Å²) in [5.41, 5.74) is 6.95. The molecule has 1 saturated carbocycles. The molecule has 144 valence electrons. The number of hydrogen-bond donors (Lipinski definition) is 1. The summed E-state index contributed by atoms with van der Waals surface area (Å²) in [7, 11) is 3.33. The molecule has 1 heterocycles. The lowest BCUT2D eigenvalue weighted by atomic mass is 9.94. The van der Waals surface area contributed by atoms with Crippen molar-refractivity contribution in [3.05, 3.63) is 18.2 Å². The van der Waals surface area contributed by atoms with Crippen LogP contribution in [0.3, 0.4) is 0 Å². The maximum absolute atomic E-state index is 13.0. The Morgan fingerprint density at radius 3 is 2.42 bits per heavy atom. The van der Waals surface area contributed by atoms with E-state index in [1.165, 1.54) is 0 Å². The Morgan fingerprint density at radius 1 is 1.04 bits per heavy atom. The zero-order chi connectivity index (χ0) is 18.5. The summed E-state index contributed by atoms with van der Waals surface area (Å²) in [6.45, 7) is 3.95.